The Balaban J connectivity index is 2.28. The van der Waals surface area contributed by atoms with E-state index in [0.29, 0.717) is 0 Å². The van der Waals surface area contributed by atoms with E-state index in [1.807, 2.05) is 18.2 Å². The van der Waals surface area contributed by atoms with Gasteiger partial charge in [0.25, 0.3) is 0 Å². The summed E-state index contributed by atoms with van der Waals surface area (Å²) in [6.07, 6.45) is 1.52. The van der Waals surface area contributed by atoms with E-state index < -0.39 is 11.6 Å². The number of hydrogen-bond donors (Lipinski definition) is 0. The summed E-state index contributed by atoms with van der Waals surface area (Å²) in [6.45, 7) is 0. The van der Waals surface area contributed by atoms with Crippen LogP contribution in [0.1, 0.15) is 0 Å². The van der Waals surface area contributed by atoms with E-state index in [2.05, 4.69) is 20.9 Å². The third-order valence-corrected chi connectivity index (χ3v) is 3.17. The second-order valence-corrected chi connectivity index (χ2v) is 4.76. The van der Waals surface area contributed by atoms with Crippen LogP contribution in [0.25, 0.3) is 16.7 Å². The van der Waals surface area contributed by atoms with Crippen molar-refractivity contribution in [3.63, 3.8) is 0 Å². The summed E-state index contributed by atoms with van der Waals surface area (Å²) in [5.41, 5.74) is 1.79. The molecule has 0 fully saturated rings. The molecule has 0 aliphatic rings. The summed E-state index contributed by atoms with van der Waals surface area (Å²) < 4.78 is 29.1. The second-order valence-electron chi connectivity index (χ2n) is 3.84. The van der Waals surface area contributed by atoms with Crippen molar-refractivity contribution in [2.75, 3.05) is 0 Å². The Morgan fingerprint density at radius 3 is 2.67 bits per heavy atom. The lowest BCUT2D eigenvalue weighted by Gasteiger charge is -2.05. The smallest absolute Gasteiger partial charge is 0.150 e. The van der Waals surface area contributed by atoms with Crippen LogP contribution in [-0.4, -0.2) is 9.55 Å². The first kappa shape index (κ1) is 11.3. The summed E-state index contributed by atoms with van der Waals surface area (Å²) in [5.74, 6) is -1.21. The maximum atomic E-state index is 13.7. The molecule has 0 N–H and O–H groups in total. The van der Waals surface area contributed by atoms with Crippen molar-refractivity contribution in [2.45, 2.75) is 0 Å². The van der Waals surface area contributed by atoms with E-state index in [1.54, 1.807) is 4.57 Å². The Bertz CT molecular complexity index is 737. The summed E-state index contributed by atoms with van der Waals surface area (Å²) in [6, 6.07) is 9.01. The number of halogens is 3. The van der Waals surface area contributed by atoms with Crippen LogP contribution >= 0.6 is 15.9 Å². The van der Waals surface area contributed by atoms with Crippen LogP contribution in [-0.2, 0) is 0 Å². The Labute approximate surface area is 110 Å². The molecule has 2 nitrogen and oxygen atoms in total. The van der Waals surface area contributed by atoms with E-state index in [-0.39, 0.29) is 5.69 Å². The van der Waals surface area contributed by atoms with Crippen molar-refractivity contribution >= 4 is 27.0 Å². The minimum absolute atomic E-state index is 0.275. The highest BCUT2D eigenvalue weighted by molar-refractivity contribution is 9.10. The molecule has 0 spiro atoms. The SMILES string of the molecule is Fc1ccc(-n2cnc3ccc(Br)cc32)c(F)c1. The quantitative estimate of drug-likeness (QED) is 0.662. The summed E-state index contributed by atoms with van der Waals surface area (Å²) in [7, 11) is 0. The molecule has 2 aromatic carbocycles. The minimum atomic E-state index is -0.616. The topological polar surface area (TPSA) is 17.8 Å². The van der Waals surface area contributed by atoms with Crippen LogP contribution in [0, 0.1) is 11.6 Å². The van der Waals surface area contributed by atoms with Crippen molar-refractivity contribution < 1.29 is 8.78 Å². The fraction of sp³-hybridized carbons (Fsp3) is 0. The number of benzene rings is 2. The average Bonchev–Trinajstić information content (AvgIpc) is 2.72. The predicted molar refractivity (Wildman–Crippen MR) is 68.7 cm³/mol. The third-order valence-electron chi connectivity index (χ3n) is 2.68. The molecule has 0 aliphatic heterocycles. The highest BCUT2D eigenvalue weighted by Gasteiger charge is 2.10. The van der Waals surface area contributed by atoms with E-state index in [9.17, 15) is 8.78 Å². The van der Waals surface area contributed by atoms with Crippen LogP contribution in [0.15, 0.2) is 47.2 Å². The fourth-order valence-corrected chi connectivity index (χ4v) is 2.20. The lowest BCUT2D eigenvalue weighted by Crippen LogP contribution is -1.96. The molecule has 90 valence electrons. The van der Waals surface area contributed by atoms with Gasteiger partial charge in [0.2, 0.25) is 0 Å². The van der Waals surface area contributed by atoms with E-state index in [0.717, 1.165) is 21.6 Å². The van der Waals surface area contributed by atoms with Crippen LogP contribution in [0.3, 0.4) is 0 Å². The number of nitrogens with zero attached hydrogens (tertiary/aromatic N) is 2. The average molecular weight is 309 g/mol. The van der Waals surface area contributed by atoms with Gasteiger partial charge in [-0.25, -0.2) is 13.8 Å². The number of imidazole rings is 1. The molecule has 3 aromatic rings. The van der Waals surface area contributed by atoms with Crippen LogP contribution in [0.5, 0.6) is 0 Å². The third kappa shape index (κ3) is 1.80. The molecule has 3 rings (SSSR count). The molecule has 0 radical (unpaired) electrons. The first-order chi connectivity index (χ1) is 8.65. The number of hydrogen-bond acceptors (Lipinski definition) is 1. The fourth-order valence-electron chi connectivity index (χ4n) is 1.85. The molecule has 0 aliphatic carbocycles. The molecular formula is C13H7BrF2N2. The molecule has 0 saturated heterocycles. The number of aromatic nitrogens is 2. The molecule has 5 heteroatoms. The molecule has 0 bridgehead atoms. The van der Waals surface area contributed by atoms with Crippen LogP contribution in [0.2, 0.25) is 0 Å². The van der Waals surface area contributed by atoms with Gasteiger partial charge in [-0.2, -0.15) is 0 Å². The van der Waals surface area contributed by atoms with Crippen molar-refractivity contribution in [2.24, 2.45) is 0 Å². The van der Waals surface area contributed by atoms with Gasteiger partial charge >= 0.3 is 0 Å². The van der Waals surface area contributed by atoms with Gasteiger partial charge in [-0.15, -0.1) is 0 Å². The van der Waals surface area contributed by atoms with E-state index in [4.69, 9.17) is 0 Å². The highest BCUT2D eigenvalue weighted by atomic mass is 79.9. The van der Waals surface area contributed by atoms with Gasteiger partial charge in [0.1, 0.15) is 18.0 Å². The Hall–Kier alpha value is -1.75. The lowest BCUT2D eigenvalue weighted by atomic mass is 10.2. The van der Waals surface area contributed by atoms with E-state index in [1.165, 1.54) is 18.5 Å². The molecule has 0 unspecified atom stereocenters. The molecule has 0 saturated carbocycles. The van der Waals surface area contributed by atoms with Gasteiger partial charge in [0.05, 0.1) is 16.7 Å². The first-order valence-corrected chi connectivity index (χ1v) is 6.02. The Morgan fingerprint density at radius 2 is 1.89 bits per heavy atom. The predicted octanol–water partition coefficient (Wildman–Crippen LogP) is 4.07. The maximum Gasteiger partial charge on any atom is 0.150 e. The lowest BCUT2D eigenvalue weighted by molar-refractivity contribution is 0.578. The van der Waals surface area contributed by atoms with Crippen molar-refractivity contribution in [3.8, 4) is 5.69 Å². The van der Waals surface area contributed by atoms with Crippen molar-refractivity contribution in [3.05, 3.63) is 58.8 Å². The van der Waals surface area contributed by atoms with Gasteiger partial charge in [-0.05, 0) is 30.3 Å². The van der Waals surface area contributed by atoms with E-state index >= 15 is 0 Å². The zero-order valence-electron chi connectivity index (χ0n) is 9.07. The van der Waals surface area contributed by atoms with Gasteiger partial charge in [0.15, 0.2) is 0 Å². The minimum Gasteiger partial charge on any atom is -0.296 e. The molecule has 0 amide bonds. The molecule has 1 heterocycles. The Kier molecular flexibility index (Phi) is 2.63. The Morgan fingerprint density at radius 1 is 1.06 bits per heavy atom. The monoisotopic (exact) mass is 308 g/mol. The van der Waals surface area contributed by atoms with Crippen LogP contribution < -0.4 is 0 Å². The van der Waals surface area contributed by atoms with Crippen LogP contribution in [0.4, 0.5) is 8.78 Å². The van der Waals surface area contributed by atoms with Gasteiger partial charge in [0, 0.05) is 10.5 Å². The molecule has 18 heavy (non-hydrogen) atoms. The molecule has 1 aromatic heterocycles. The molecule has 0 atom stereocenters. The largest absolute Gasteiger partial charge is 0.296 e. The second kappa shape index (κ2) is 4.17. The summed E-state index contributed by atoms with van der Waals surface area (Å²) in [4.78, 5) is 4.18. The number of fused-ring (bicyclic) bond motifs is 1. The standard InChI is InChI=1S/C13H7BrF2N2/c14-8-1-3-11-13(5-8)18(7-17-11)12-4-2-9(15)6-10(12)16/h1-7H. The first-order valence-electron chi connectivity index (χ1n) is 5.23. The zero-order valence-corrected chi connectivity index (χ0v) is 10.7. The summed E-state index contributed by atoms with van der Waals surface area (Å²) in [5, 5.41) is 0. The van der Waals surface area contributed by atoms with Gasteiger partial charge < -0.3 is 0 Å². The summed E-state index contributed by atoms with van der Waals surface area (Å²) >= 11 is 3.36. The normalized spacial score (nSPS) is 11.1. The van der Waals surface area contributed by atoms with Gasteiger partial charge in [-0.1, -0.05) is 15.9 Å². The molecular weight excluding hydrogens is 302 g/mol. The number of rotatable bonds is 1. The highest BCUT2D eigenvalue weighted by Crippen LogP contribution is 2.23. The zero-order chi connectivity index (χ0) is 12.7. The van der Waals surface area contributed by atoms with Crippen molar-refractivity contribution in [1.82, 2.24) is 9.55 Å². The maximum absolute atomic E-state index is 13.7. The van der Waals surface area contributed by atoms with Gasteiger partial charge in [-0.3, -0.25) is 4.57 Å². The van der Waals surface area contributed by atoms with Crippen molar-refractivity contribution in [1.29, 1.82) is 0 Å².